The molecule has 37 heavy (non-hydrogen) atoms. The molecule has 0 N–H and O–H groups in total. The molecule has 0 bridgehead atoms. The summed E-state index contributed by atoms with van der Waals surface area (Å²) in [6.45, 7) is 1.63. The normalized spacial score (nSPS) is 11.6. The largest absolute Gasteiger partial charge is 0.493 e. The van der Waals surface area contributed by atoms with Crippen molar-refractivity contribution in [3.05, 3.63) is 96.6 Å². The lowest BCUT2D eigenvalue weighted by Gasteiger charge is -2.27. The minimum atomic E-state index is -3.92. The highest BCUT2D eigenvalue weighted by atomic mass is 32.2. The summed E-state index contributed by atoms with van der Waals surface area (Å²) in [7, 11) is 4.06. The van der Waals surface area contributed by atoms with Crippen molar-refractivity contribution in [3.8, 4) is 5.75 Å². The molecular formula is C30H35N3O3S. The van der Waals surface area contributed by atoms with Gasteiger partial charge in [-0.3, -0.25) is 4.31 Å². The smallest absolute Gasteiger partial charge is 0.265 e. The molecule has 0 aromatic heterocycles. The van der Waals surface area contributed by atoms with Crippen LogP contribution >= 0.6 is 0 Å². The first-order valence-electron chi connectivity index (χ1n) is 12.4. The quantitative estimate of drug-likeness (QED) is 0.241. The molecular weight excluding hydrogens is 482 g/mol. The summed E-state index contributed by atoms with van der Waals surface area (Å²) >= 11 is 0. The van der Waals surface area contributed by atoms with E-state index in [0.717, 1.165) is 29.6 Å². The fourth-order valence-corrected chi connectivity index (χ4v) is 6.05. The van der Waals surface area contributed by atoms with Crippen LogP contribution < -0.4 is 13.9 Å². The average Bonchev–Trinajstić information content (AvgIpc) is 2.89. The summed E-state index contributed by atoms with van der Waals surface area (Å²) < 4.78 is 36.3. The second kappa shape index (κ2) is 11.7. The Morgan fingerprint density at radius 3 is 2.14 bits per heavy atom. The van der Waals surface area contributed by atoms with Gasteiger partial charge >= 0.3 is 0 Å². The molecule has 194 valence electrons. The molecule has 7 heteroatoms. The lowest BCUT2D eigenvalue weighted by molar-refractivity contribution is 0.279. The van der Waals surface area contributed by atoms with E-state index in [1.807, 2.05) is 118 Å². The van der Waals surface area contributed by atoms with Crippen molar-refractivity contribution in [1.82, 2.24) is 4.90 Å². The molecule has 0 saturated carbocycles. The van der Waals surface area contributed by atoms with Crippen molar-refractivity contribution in [2.75, 3.05) is 50.5 Å². The predicted molar refractivity (Wildman–Crippen MR) is 153 cm³/mol. The van der Waals surface area contributed by atoms with Crippen molar-refractivity contribution in [1.29, 1.82) is 0 Å². The zero-order valence-corrected chi connectivity index (χ0v) is 22.8. The van der Waals surface area contributed by atoms with Gasteiger partial charge in [0.05, 0.1) is 23.7 Å². The van der Waals surface area contributed by atoms with Crippen molar-refractivity contribution in [2.24, 2.45) is 0 Å². The van der Waals surface area contributed by atoms with Gasteiger partial charge in [-0.15, -0.1) is 0 Å². The van der Waals surface area contributed by atoms with Crippen LogP contribution in [0.1, 0.15) is 12.0 Å². The number of benzene rings is 4. The van der Waals surface area contributed by atoms with Gasteiger partial charge in [0, 0.05) is 42.7 Å². The molecule has 0 radical (unpaired) electrons. The molecule has 0 aliphatic carbocycles. The number of hydrogen-bond donors (Lipinski definition) is 0. The van der Waals surface area contributed by atoms with Crippen molar-refractivity contribution in [3.63, 3.8) is 0 Å². The molecule has 4 aromatic rings. The van der Waals surface area contributed by atoms with Gasteiger partial charge in [0.1, 0.15) is 5.75 Å². The summed E-state index contributed by atoms with van der Waals surface area (Å²) in [6, 6.07) is 28.2. The predicted octanol–water partition coefficient (Wildman–Crippen LogP) is 5.63. The maximum Gasteiger partial charge on any atom is 0.265 e. The van der Waals surface area contributed by atoms with E-state index >= 15 is 0 Å². The standard InChI is InChI=1S/C30H35N3O3S/c1-31(2)21-12-22-36-29-19-9-8-13-24(29)23-33(25-14-6-5-7-15-25)37(34,35)30-20-11-16-26-27(30)17-10-18-28(26)32(3)4/h5-11,13-20H,12,21-23H2,1-4H3. The molecule has 0 spiro atoms. The van der Waals surface area contributed by atoms with Gasteiger partial charge in [0.2, 0.25) is 0 Å². The van der Waals surface area contributed by atoms with Crippen LogP contribution in [0.5, 0.6) is 5.75 Å². The number of sulfonamides is 1. The van der Waals surface area contributed by atoms with Gasteiger partial charge < -0.3 is 14.5 Å². The van der Waals surface area contributed by atoms with Gasteiger partial charge in [-0.05, 0) is 50.8 Å². The van der Waals surface area contributed by atoms with E-state index < -0.39 is 10.0 Å². The summed E-state index contributed by atoms with van der Waals surface area (Å²) in [6.07, 6.45) is 0.881. The summed E-state index contributed by atoms with van der Waals surface area (Å²) in [5.74, 6) is 0.699. The number of nitrogens with zero attached hydrogens (tertiary/aromatic N) is 3. The van der Waals surface area contributed by atoms with Crippen LogP contribution in [0.15, 0.2) is 95.9 Å². The number of anilines is 2. The fourth-order valence-electron chi connectivity index (χ4n) is 4.40. The van der Waals surface area contributed by atoms with E-state index in [-0.39, 0.29) is 11.4 Å². The van der Waals surface area contributed by atoms with Crippen LogP contribution in [-0.2, 0) is 16.6 Å². The van der Waals surface area contributed by atoms with Crippen LogP contribution in [0.25, 0.3) is 10.8 Å². The second-order valence-corrected chi connectivity index (χ2v) is 11.3. The van der Waals surface area contributed by atoms with Gasteiger partial charge in [0.15, 0.2) is 0 Å². The Bertz CT molecular complexity index is 1440. The van der Waals surface area contributed by atoms with Crippen LogP contribution in [0.3, 0.4) is 0 Å². The van der Waals surface area contributed by atoms with E-state index in [1.54, 1.807) is 6.07 Å². The zero-order chi connectivity index (χ0) is 26.4. The molecule has 0 amide bonds. The van der Waals surface area contributed by atoms with Crippen molar-refractivity contribution >= 4 is 32.2 Å². The maximum absolute atomic E-state index is 14.3. The van der Waals surface area contributed by atoms with Crippen molar-refractivity contribution in [2.45, 2.75) is 17.9 Å². The lowest BCUT2D eigenvalue weighted by Crippen LogP contribution is -2.31. The fraction of sp³-hybridized carbons (Fsp3) is 0.267. The molecule has 0 aliphatic heterocycles. The zero-order valence-electron chi connectivity index (χ0n) is 22.0. The molecule has 0 atom stereocenters. The van der Waals surface area contributed by atoms with E-state index in [4.69, 9.17) is 4.74 Å². The Morgan fingerprint density at radius 1 is 0.730 bits per heavy atom. The Labute approximate surface area is 220 Å². The summed E-state index contributed by atoms with van der Waals surface area (Å²) in [5, 5.41) is 1.59. The van der Waals surface area contributed by atoms with Crippen LogP contribution in [0.4, 0.5) is 11.4 Å². The highest BCUT2D eigenvalue weighted by Gasteiger charge is 2.28. The van der Waals surface area contributed by atoms with E-state index in [0.29, 0.717) is 23.4 Å². The minimum absolute atomic E-state index is 0.153. The highest BCUT2D eigenvalue weighted by Crippen LogP contribution is 2.34. The van der Waals surface area contributed by atoms with Crippen LogP contribution in [0, 0.1) is 0 Å². The number of fused-ring (bicyclic) bond motifs is 1. The number of ether oxygens (including phenoxy) is 1. The number of rotatable bonds is 11. The molecule has 0 heterocycles. The third-order valence-corrected chi connectivity index (χ3v) is 8.08. The monoisotopic (exact) mass is 517 g/mol. The van der Waals surface area contributed by atoms with Crippen molar-refractivity contribution < 1.29 is 13.2 Å². The number of hydrogen-bond acceptors (Lipinski definition) is 5. The Hall–Kier alpha value is -3.55. The summed E-state index contributed by atoms with van der Waals surface area (Å²) in [5.41, 5.74) is 2.39. The van der Waals surface area contributed by atoms with Crippen LogP contribution in [-0.4, -0.2) is 54.7 Å². The molecule has 0 unspecified atom stereocenters. The summed E-state index contributed by atoms with van der Waals surface area (Å²) in [4.78, 5) is 4.39. The van der Waals surface area contributed by atoms with E-state index in [2.05, 4.69) is 4.90 Å². The Kier molecular flexibility index (Phi) is 8.36. The third kappa shape index (κ3) is 6.06. The first kappa shape index (κ1) is 26.5. The van der Waals surface area contributed by atoms with Gasteiger partial charge in [0.25, 0.3) is 10.0 Å². The maximum atomic E-state index is 14.3. The average molecular weight is 518 g/mol. The molecule has 6 nitrogen and oxygen atoms in total. The first-order chi connectivity index (χ1) is 17.8. The Balaban J connectivity index is 1.76. The molecule has 0 saturated heterocycles. The van der Waals surface area contributed by atoms with Gasteiger partial charge in [-0.1, -0.05) is 60.7 Å². The molecule has 4 rings (SSSR count). The van der Waals surface area contributed by atoms with E-state index in [9.17, 15) is 8.42 Å². The SMILES string of the molecule is CN(C)CCCOc1ccccc1CN(c1ccccc1)S(=O)(=O)c1cccc2c(N(C)C)cccc12. The lowest BCUT2D eigenvalue weighted by atomic mass is 10.1. The van der Waals surface area contributed by atoms with Crippen LogP contribution in [0.2, 0.25) is 0 Å². The molecule has 4 aromatic carbocycles. The molecule has 0 fully saturated rings. The topological polar surface area (TPSA) is 53.1 Å². The minimum Gasteiger partial charge on any atom is -0.493 e. The van der Waals surface area contributed by atoms with Gasteiger partial charge in [-0.25, -0.2) is 8.42 Å². The van der Waals surface area contributed by atoms with Gasteiger partial charge in [-0.2, -0.15) is 0 Å². The first-order valence-corrected chi connectivity index (χ1v) is 13.9. The Morgan fingerprint density at radius 2 is 1.41 bits per heavy atom. The third-order valence-electron chi connectivity index (χ3n) is 6.25. The second-order valence-electron chi connectivity index (χ2n) is 9.48. The number of para-hydroxylation sites is 2. The van der Waals surface area contributed by atoms with E-state index in [1.165, 1.54) is 4.31 Å². The molecule has 0 aliphatic rings. The highest BCUT2D eigenvalue weighted by molar-refractivity contribution is 7.93.